The third-order valence-corrected chi connectivity index (χ3v) is 5.30. The lowest BCUT2D eigenvalue weighted by molar-refractivity contribution is -0.457. The number of hydrogen-bond donors (Lipinski definition) is 0. The average molecular weight is 364 g/mol. The third kappa shape index (κ3) is 1.85. The first-order valence-electron chi connectivity index (χ1n) is 8.53. The molecule has 2 amide bonds. The molecule has 27 heavy (non-hydrogen) atoms. The standard InChI is InChI=1S/C20H16N2O5/c1-22-16(23)13-10-6-7-11-14(13)19(18(22)24)17-20(25-2,27-19)26-15(21-17)12-8-4-3-5-9-12/h3-11,17H,1-2H3/t17-,19-,20-/m0/s1. The van der Waals surface area contributed by atoms with Crippen molar-refractivity contribution < 1.29 is 23.8 Å². The largest absolute Gasteiger partial charge is 0.419 e. The Hall–Kier alpha value is -3.03. The van der Waals surface area contributed by atoms with E-state index in [4.69, 9.17) is 14.2 Å². The van der Waals surface area contributed by atoms with Gasteiger partial charge < -0.3 is 9.47 Å². The lowest BCUT2D eigenvalue weighted by Gasteiger charge is -2.55. The van der Waals surface area contributed by atoms with Crippen molar-refractivity contribution in [3.63, 3.8) is 0 Å². The van der Waals surface area contributed by atoms with Gasteiger partial charge in [0.25, 0.3) is 11.8 Å². The monoisotopic (exact) mass is 364 g/mol. The summed E-state index contributed by atoms with van der Waals surface area (Å²) < 4.78 is 17.4. The molecule has 3 atom stereocenters. The third-order valence-electron chi connectivity index (χ3n) is 5.30. The van der Waals surface area contributed by atoms with Crippen LogP contribution in [0.4, 0.5) is 0 Å². The highest BCUT2D eigenvalue weighted by Gasteiger charge is 2.78. The van der Waals surface area contributed by atoms with Gasteiger partial charge in [-0.1, -0.05) is 36.4 Å². The van der Waals surface area contributed by atoms with Crippen molar-refractivity contribution in [2.45, 2.75) is 17.6 Å². The van der Waals surface area contributed by atoms with E-state index in [1.807, 2.05) is 30.3 Å². The minimum atomic E-state index is -1.49. The van der Waals surface area contributed by atoms with Crippen molar-refractivity contribution >= 4 is 17.7 Å². The maximum atomic E-state index is 13.1. The first kappa shape index (κ1) is 16.2. The molecular weight excluding hydrogens is 348 g/mol. The molecule has 0 radical (unpaired) electrons. The number of nitrogens with zero attached hydrogens (tertiary/aromatic N) is 2. The lowest BCUT2D eigenvalue weighted by Crippen LogP contribution is -2.76. The summed E-state index contributed by atoms with van der Waals surface area (Å²) in [6.07, 6.45) is 0. The highest BCUT2D eigenvalue weighted by Crippen LogP contribution is 2.57. The van der Waals surface area contributed by atoms with Crippen molar-refractivity contribution in [2.75, 3.05) is 14.2 Å². The first-order chi connectivity index (χ1) is 13.0. The molecule has 0 aliphatic carbocycles. The zero-order valence-corrected chi connectivity index (χ0v) is 14.7. The summed E-state index contributed by atoms with van der Waals surface area (Å²) in [5, 5.41) is 0. The van der Waals surface area contributed by atoms with E-state index in [9.17, 15) is 9.59 Å². The SMILES string of the molecule is CO[C@]12OC(c3ccccc3)=N[C@H]1[C@]1(O2)C(=O)N(C)C(=O)c2ccccc21. The predicted octanol–water partition coefficient (Wildman–Crippen LogP) is 1.67. The Kier molecular flexibility index (Phi) is 3.14. The molecule has 0 bridgehead atoms. The van der Waals surface area contributed by atoms with E-state index < -0.39 is 23.5 Å². The zero-order valence-electron chi connectivity index (χ0n) is 14.7. The Bertz CT molecular complexity index is 1000. The Morgan fingerprint density at radius 3 is 2.52 bits per heavy atom. The lowest BCUT2D eigenvalue weighted by atomic mass is 9.74. The summed E-state index contributed by atoms with van der Waals surface area (Å²) in [5.74, 6) is -2.00. The van der Waals surface area contributed by atoms with E-state index in [1.165, 1.54) is 14.2 Å². The van der Waals surface area contributed by atoms with Gasteiger partial charge in [-0.15, -0.1) is 0 Å². The quantitative estimate of drug-likeness (QED) is 0.758. The molecule has 7 heteroatoms. The van der Waals surface area contributed by atoms with Gasteiger partial charge >= 0.3 is 5.97 Å². The molecule has 7 nitrogen and oxygen atoms in total. The fourth-order valence-corrected chi connectivity index (χ4v) is 3.95. The van der Waals surface area contributed by atoms with E-state index >= 15 is 0 Å². The Labute approximate surface area is 155 Å². The number of ether oxygens (including phenoxy) is 3. The van der Waals surface area contributed by atoms with Crippen LogP contribution in [0.5, 0.6) is 0 Å². The summed E-state index contributed by atoms with van der Waals surface area (Å²) in [4.78, 5) is 31.4. The number of carbonyl (C=O) groups is 2. The molecule has 3 heterocycles. The number of benzene rings is 2. The van der Waals surface area contributed by atoms with Gasteiger partial charge in [0, 0.05) is 30.8 Å². The normalized spacial score (nSPS) is 31.1. The Balaban J connectivity index is 1.68. The second-order valence-electron chi connectivity index (χ2n) is 6.67. The predicted molar refractivity (Wildman–Crippen MR) is 93.9 cm³/mol. The van der Waals surface area contributed by atoms with Gasteiger partial charge in [0.05, 0.1) is 0 Å². The Morgan fingerprint density at radius 2 is 1.78 bits per heavy atom. The number of rotatable bonds is 2. The second kappa shape index (κ2) is 5.25. The number of hydrogen-bond acceptors (Lipinski definition) is 6. The van der Waals surface area contributed by atoms with Gasteiger partial charge in [-0.25, -0.2) is 4.99 Å². The van der Waals surface area contributed by atoms with Crippen LogP contribution in [0.1, 0.15) is 21.5 Å². The van der Waals surface area contributed by atoms with Crippen LogP contribution in [0.3, 0.4) is 0 Å². The van der Waals surface area contributed by atoms with Crippen LogP contribution >= 0.6 is 0 Å². The highest BCUT2D eigenvalue weighted by molar-refractivity contribution is 6.13. The fraction of sp³-hybridized carbons (Fsp3) is 0.250. The van der Waals surface area contributed by atoms with Crippen molar-refractivity contribution in [3.8, 4) is 0 Å². The summed E-state index contributed by atoms with van der Waals surface area (Å²) in [6, 6.07) is 15.5. The molecule has 3 aliphatic rings. The van der Waals surface area contributed by atoms with E-state index in [1.54, 1.807) is 24.3 Å². The van der Waals surface area contributed by atoms with E-state index in [-0.39, 0.29) is 5.91 Å². The number of likely N-dealkylation sites (N-methyl/N-ethyl adjacent to an activating group) is 1. The maximum absolute atomic E-state index is 13.1. The molecule has 1 fully saturated rings. The molecule has 1 spiro atoms. The minimum Gasteiger partial charge on any atom is -0.419 e. The number of amides is 2. The molecule has 3 aliphatic heterocycles. The summed E-state index contributed by atoms with van der Waals surface area (Å²) in [7, 11) is 2.88. The van der Waals surface area contributed by atoms with Crippen molar-refractivity contribution in [2.24, 2.45) is 4.99 Å². The van der Waals surface area contributed by atoms with Crippen molar-refractivity contribution in [3.05, 3.63) is 71.3 Å². The van der Waals surface area contributed by atoms with Crippen LogP contribution in [0.25, 0.3) is 0 Å². The molecule has 0 saturated carbocycles. The van der Waals surface area contributed by atoms with Gasteiger partial charge in [-0.05, 0) is 18.2 Å². The molecule has 5 rings (SSSR count). The smallest absolute Gasteiger partial charge is 0.357 e. The Morgan fingerprint density at radius 1 is 1.07 bits per heavy atom. The van der Waals surface area contributed by atoms with Gasteiger partial charge in [0.1, 0.15) is 0 Å². The molecule has 0 unspecified atom stereocenters. The number of methoxy groups -OCH3 is 1. The molecule has 1 saturated heterocycles. The number of carbonyl (C=O) groups excluding carboxylic acids is 2. The van der Waals surface area contributed by atoms with Crippen molar-refractivity contribution in [1.82, 2.24) is 4.90 Å². The molecule has 2 aromatic carbocycles. The van der Waals surface area contributed by atoms with Gasteiger partial charge in [-0.2, -0.15) is 0 Å². The summed E-state index contributed by atoms with van der Waals surface area (Å²) in [5.41, 5.74) is 0.194. The molecule has 2 aromatic rings. The highest BCUT2D eigenvalue weighted by atomic mass is 16.9. The van der Waals surface area contributed by atoms with E-state index in [2.05, 4.69) is 4.99 Å². The topological polar surface area (TPSA) is 77.4 Å². The molecule has 136 valence electrons. The van der Waals surface area contributed by atoms with Crippen molar-refractivity contribution in [1.29, 1.82) is 0 Å². The average Bonchev–Trinajstić information content (AvgIpc) is 3.02. The zero-order chi connectivity index (χ0) is 18.8. The van der Waals surface area contributed by atoms with Crippen LogP contribution in [0.15, 0.2) is 59.6 Å². The maximum Gasteiger partial charge on any atom is 0.357 e. The van der Waals surface area contributed by atoms with E-state index in [0.29, 0.717) is 17.0 Å². The van der Waals surface area contributed by atoms with Gasteiger partial charge in [-0.3, -0.25) is 19.2 Å². The minimum absolute atomic E-state index is 0.337. The van der Waals surface area contributed by atoms with Gasteiger partial charge in [0.2, 0.25) is 11.5 Å². The molecule has 0 N–H and O–H groups in total. The van der Waals surface area contributed by atoms with Crippen LogP contribution in [-0.2, 0) is 24.6 Å². The van der Waals surface area contributed by atoms with Crippen LogP contribution in [-0.4, -0.2) is 48.8 Å². The second-order valence-corrected chi connectivity index (χ2v) is 6.67. The fourth-order valence-electron chi connectivity index (χ4n) is 3.95. The van der Waals surface area contributed by atoms with Crippen LogP contribution in [0.2, 0.25) is 0 Å². The van der Waals surface area contributed by atoms with Crippen LogP contribution < -0.4 is 0 Å². The first-order valence-corrected chi connectivity index (χ1v) is 8.53. The molecule has 0 aromatic heterocycles. The number of aliphatic imine (C=N–C) groups is 1. The summed E-state index contributed by atoms with van der Waals surface area (Å²) >= 11 is 0. The van der Waals surface area contributed by atoms with Crippen LogP contribution in [0, 0.1) is 0 Å². The summed E-state index contributed by atoms with van der Waals surface area (Å²) in [6.45, 7) is 0. The molecular formula is C20H16N2O5. The number of fused-ring (bicyclic) bond motifs is 4. The van der Waals surface area contributed by atoms with E-state index in [0.717, 1.165) is 10.5 Å². The number of imide groups is 1. The van der Waals surface area contributed by atoms with Gasteiger partial charge in [0.15, 0.2) is 6.04 Å².